The van der Waals surface area contributed by atoms with Gasteiger partial charge in [-0.05, 0) is 88.3 Å². The minimum Gasteiger partial charge on any atom is -0.455 e. The number of furan rings is 2. The number of nitrogens with zero attached hydrogens (tertiary/aromatic N) is 1. The zero-order chi connectivity index (χ0) is 36.7. The van der Waals surface area contributed by atoms with Crippen molar-refractivity contribution in [3.8, 4) is 22.3 Å². The van der Waals surface area contributed by atoms with Gasteiger partial charge in [0.25, 0.3) is 0 Å². The molecule has 0 amide bonds. The third-order valence-corrected chi connectivity index (χ3v) is 12.4. The average molecular weight is 734 g/mol. The van der Waals surface area contributed by atoms with E-state index in [-0.39, 0.29) is 0 Å². The third kappa shape index (κ3) is 4.70. The molecule has 3 nitrogen and oxygen atoms in total. The van der Waals surface area contributed by atoms with Crippen molar-refractivity contribution < 1.29 is 8.83 Å². The van der Waals surface area contributed by atoms with E-state index in [1.807, 2.05) is 17.4 Å². The third-order valence-electron chi connectivity index (χ3n) is 11.3. The number of anilines is 3. The molecule has 262 valence electrons. The quantitative estimate of drug-likeness (QED) is 0.176. The van der Waals surface area contributed by atoms with Crippen molar-refractivity contribution >= 4 is 103 Å². The highest BCUT2D eigenvalue weighted by Crippen LogP contribution is 2.47. The Morgan fingerprint density at radius 2 is 0.982 bits per heavy atom. The Hall–Kier alpha value is -7.14. The van der Waals surface area contributed by atoms with Crippen LogP contribution < -0.4 is 4.90 Å². The molecule has 0 radical (unpaired) electrons. The highest BCUT2D eigenvalue weighted by atomic mass is 32.1. The summed E-state index contributed by atoms with van der Waals surface area (Å²) in [6.45, 7) is 0. The molecule has 0 saturated heterocycles. The minimum absolute atomic E-state index is 0.861. The maximum Gasteiger partial charge on any atom is 0.159 e. The van der Waals surface area contributed by atoms with Crippen LogP contribution in [0.1, 0.15) is 0 Å². The Kier molecular flexibility index (Phi) is 6.80. The zero-order valence-corrected chi connectivity index (χ0v) is 30.9. The highest BCUT2D eigenvalue weighted by Gasteiger charge is 2.22. The molecule has 12 aromatic rings. The second-order valence-electron chi connectivity index (χ2n) is 14.4. The number of rotatable bonds is 5. The molecule has 0 spiro atoms. The van der Waals surface area contributed by atoms with Gasteiger partial charge in [-0.25, -0.2) is 0 Å². The SMILES string of the molecule is c1ccc(-c2ccc(N(c3ccc(-c4cccc5sc6ccc7c8ccccc8oc7c6c45)cc3)c3cccc4c3oc3c5ccccc5ccc43)cc2)cc1. The first-order valence-corrected chi connectivity index (χ1v) is 19.7. The Bertz CT molecular complexity index is 3460. The van der Waals surface area contributed by atoms with Crippen LogP contribution in [0.25, 0.3) is 97.1 Å². The molecular formula is C52H31NO2S. The van der Waals surface area contributed by atoms with E-state index in [0.29, 0.717) is 0 Å². The number of fused-ring (bicyclic) bond motifs is 12. The summed E-state index contributed by atoms with van der Waals surface area (Å²) in [4.78, 5) is 2.32. The standard InChI is InChI=1S/C52H31NO2S/c1-2-10-32(11-3-1)33-20-25-36(26-21-33)53(44-17-8-16-41-43-29-24-34-12-4-5-13-39(34)50(43)55-51(41)44)37-27-22-35(23-28-37)38-15-9-19-46-48(38)49-47(56-46)31-30-42-40-14-6-7-18-45(40)54-52(42)49/h1-31H. The molecule has 9 aromatic carbocycles. The molecule has 0 bridgehead atoms. The second-order valence-corrected chi connectivity index (χ2v) is 15.5. The highest BCUT2D eigenvalue weighted by molar-refractivity contribution is 7.26. The summed E-state index contributed by atoms with van der Waals surface area (Å²) in [6, 6.07) is 67.1. The first-order valence-electron chi connectivity index (χ1n) is 18.9. The normalized spacial score (nSPS) is 11.9. The van der Waals surface area contributed by atoms with Gasteiger partial charge in [0, 0.05) is 58.5 Å². The molecule has 0 aliphatic rings. The smallest absolute Gasteiger partial charge is 0.159 e. The van der Waals surface area contributed by atoms with E-state index < -0.39 is 0 Å². The largest absolute Gasteiger partial charge is 0.455 e. The molecule has 0 unspecified atom stereocenters. The van der Waals surface area contributed by atoms with Gasteiger partial charge in [-0.3, -0.25) is 0 Å². The lowest BCUT2D eigenvalue weighted by molar-refractivity contribution is 0.672. The average Bonchev–Trinajstić information content (AvgIpc) is 3.96. The van der Waals surface area contributed by atoms with E-state index in [1.165, 1.54) is 42.2 Å². The van der Waals surface area contributed by atoms with Crippen LogP contribution in [-0.2, 0) is 0 Å². The molecule has 0 atom stereocenters. The summed E-state index contributed by atoms with van der Waals surface area (Å²) >= 11 is 1.82. The fourth-order valence-corrected chi connectivity index (χ4v) is 9.79. The summed E-state index contributed by atoms with van der Waals surface area (Å²) in [6.07, 6.45) is 0. The number of hydrogen-bond donors (Lipinski definition) is 0. The minimum atomic E-state index is 0.861. The maximum atomic E-state index is 6.89. The summed E-state index contributed by atoms with van der Waals surface area (Å²) < 4.78 is 16.0. The van der Waals surface area contributed by atoms with Crippen molar-refractivity contribution in [1.29, 1.82) is 0 Å². The lowest BCUT2D eigenvalue weighted by atomic mass is 9.98. The van der Waals surface area contributed by atoms with E-state index in [9.17, 15) is 0 Å². The predicted molar refractivity (Wildman–Crippen MR) is 237 cm³/mol. The first-order chi connectivity index (χ1) is 27.8. The van der Waals surface area contributed by atoms with E-state index in [4.69, 9.17) is 8.83 Å². The van der Waals surface area contributed by atoms with Crippen molar-refractivity contribution in [2.24, 2.45) is 0 Å². The Morgan fingerprint density at radius 1 is 0.357 bits per heavy atom. The van der Waals surface area contributed by atoms with Crippen LogP contribution in [0.2, 0.25) is 0 Å². The van der Waals surface area contributed by atoms with Crippen LogP contribution in [0.4, 0.5) is 17.1 Å². The van der Waals surface area contributed by atoms with Crippen molar-refractivity contribution in [3.63, 3.8) is 0 Å². The summed E-state index contributed by atoms with van der Waals surface area (Å²) in [5.74, 6) is 0. The monoisotopic (exact) mass is 733 g/mol. The second kappa shape index (κ2) is 12.2. The first kappa shape index (κ1) is 31.2. The lowest BCUT2D eigenvalue weighted by Gasteiger charge is -2.26. The van der Waals surface area contributed by atoms with Crippen LogP contribution in [0.5, 0.6) is 0 Å². The van der Waals surface area contributed by atoms with Crippen LogP contribution in [0.15, 0.2) is 197 Å². The van der Waals surface area contributed by atoms with Gasteiger partial charge in [0.15, 0.2) is 5.58 Å². The summed E-state index contributed by atoms with van der Waals surface area (Å²) in [5, 5.41) is 9.21. The van der Waals surface area contributed by atoms with Crippen LogP contribution in [0, 0.1) is 0 Å². The lowest BCUT2D eigenvalue weighted by Crippen LogP contribution is -2.10. The molecule has 3 aromatic heterocycles. The number of thiophene rings is 1. The molecule has 12 rings (SSSR count). The molecule has 0 aliphatic heterocycles. The van der Waals surface area contributed by atoms with Gasteiger partial charge in [0.2, 0.25) is 0 Å². The van der Waals surface area contributed by atoms with Crippen LogP contribution in [-0.4, -0.2) is 0 Å². The number of para-hydroxylation sites is 2. The molecule has 0 saturated carbocycles. The molecule has 3 heterocycles. The van der Waals surface area contributed by atoms with Crippen molar-refractivity contribution in [1.82, 2.24) is 0 Å². The van der Waals surface area contributed by atoms with E-state index in [2.05, 4.69) is 187 Å². The van der Waals surface area contributed by atoms with E-state index in [0.717, 1.165) is 71.9 Å². The topological polar surface area (TPSA) is 29.5 Å². The van der Waals surface area contributed by atoms with Gasteiger partial charge in [-0.1, -0.05) is 127 Å². The summed E-state index contributed by atoms with van der Waals surface area (Å²) in [5.41, 5.74) is 11.4. The Morgan fingerprint density at radius 3 is 1.82 bits per heavy atom. The van der Waals surface area contributed by atoms with Crippen LogP contribution in [0.3, 0.4) is 0 Å². The number of benzene rings is 9. The molecule has 0 fully saturated rings. The van der Waals surface area contributed by atoms with Crippen molar-refractivity contribution in [2.75, 3.05) is 4.90 Å². The fourth-order valence-electron chi connectivity index (χ4n) is 8.66. The maximum absolute atomic E-state index is 6.89. The van der Waals surface area contributed by atoms with Gasteiger partial charge in [0.05, 0.1) is 5.69 Å². The molecule has 4 heteroatoms. The Labute approximate surface area is 325 Å². The van der Waals surface area contributed by atoms with E-state index in [1.54, 1.807) is 0 Å². The Balaban J connectivity index is 1.04. The fraction of sp³-hybridized carbons (Fsp3) is 0. The van der Waals surface area contributed by atoms with Gasteiger partial charge < -0.3 is 13.7 Å². The summed E-state index contributed by atoms with van der Waals surface area (Å²) in [7, 11) is 0. The van der Waals surface area contributed by atoms with Gasteiger partial charge in [-0.2, -0.15) is 0 Å². The van der Waals surface area contributed by atoms with Crippen molar-refractivity contribution in [3.05, 3.63) is 188 Å². The van der Waals surface area contributed by atoms with Crippen LogP contribution >= 0.6 is 11.3 Å². The van der Waals surface area contributed by atoms with E-state index >= 15 is 0 Å². The molecule has 0 aliphatic carbocycles. The van der Waals surface area contributed by atoms with Gasteiger partial charge in [-0.15, -0.1) is 11.3 Å². The molecular weight excluding hydrogens is 703 g/mol. The predicted octanol–water partition coefficient (Wildman–Crippen LogP) is 15.8. The van der Waals surface area contributed by atoms with Gasteiger partial charge in [0.1, 0.15) is 16.7 Å². The van der Waals surface area contributed by atoms with Crippen molar-refractivity contribution in [2.45, 2.75) is 0 Å². The molecule has 56 heavy (non-hydrogen) atoms. The van der Waals surface area contributed by atoms with Gasteiger partial charge >= 0.3 is 0 Å². The number of hydrogen-bond acceptors (Lipinski definition) is 4. The zero-order valence-electron chi connectivity index (χ0n) is 30.1. The molecule has 0 N–H and O–H groups in total.